The quantitative estimate of drug-likeness (QED) is 0.228. The van der Waals surface area contributed by atoms with Crippen LogP contribution in [-0.4, -0.2) is 55.9 Å². The van der Waals surface area contributed by atoms with Gasteiger partial charge in [-0.05, 0) is 61.7 Å². The Hall–Kier alpha value is -3.96. The lowest BCUT2D eigenvalue weighted by molar-refractivity contribution is -0.125. The van der Waals surface area contributed by atoms with Crippen LogP contribution in [-0.2, 0) is 19.1 Å². The largest absolute Gasteiger partial charge is 0.383 e. The van der Waals surface area contributed by atoms with Gasteiger partial charge < -0.3 is 10.1 Å². The summed E-state index contributed by atoms with van der Waals surface area (Å²) >= 11 is 6.27. The maximum atomic E-state index is 13.7. The third kappa shape index (κ3) is 11.5. The number of alkyl halides is 2. The second-order valence-corrected chi connectivity index (χ2v) is 10.4. The fraction of sp³-hybridized carbons (Fsp3) is 0.394. The predicted octanol–water partition coefficient (Wildman–Crippen LogP) is 6.90. The van der Waals surface area contributed by atoms with E-state index in [2.05, 4.69) is 10.3 Å². The number of halogens is 4. The maximum absolute atomic E-state index is 13.7. The molecule has 0 aliphatic heterocycles. The highest BCUT2D eigenvalue weighted by molar-refractivity contribution is 6.31. The summed E-state index contributed by atoms with van der Waals surface area (Å²) in [5, 5.41) is 3.01. The molecule has 1 N–H and O–H groups in total. The highest BCUT2D eigenvalue weighted by Gasteiger charge is 2.37. The van der Waals surface area contributed by atoms with Crippen molar-refractivity contribution in [1.82, 2.24) is 10.3 Å². The van der Waals surface area contributed by atoms with Crippen LogP contribution in [0.4, 0.5) is 24.7 Å². The van der Waals surface area contributed by atoms with Crippen LogP contribution in [0.1, 0.15) is 56.7 Å². The molecule has 0 spiro atoms. The van der Waals surface area contributed by atoms with Crippen molar-refractivity contribution in [3.63, 3.8) is 0 Å². The lowest BCUT2D eigenvalue weighted by Crippen LogP contribution is -2.46. The second-order valence-electron chi connectivity index (χ2n) is 10.0. The van der Waals surface area contributed by atoms with E-state index in [9.17, 15) is 27.6 Å². The summed E-state index contributed by atoms with van der Waals surface area (Å²) in [6.07, 6.45) is 2.53. The molecule has 0 saturated heterocycles. The fourth-order valence-electron chi connectivity index (χ4n) is 4.57. The number of nitrogens with zero attached hydrogens (tertiary/aromatic N) is 3. The molecule has 12 heteroatoms. The number of anilines is 2. The number of benzene rings is 2. The van der Waals surface area contributed by atoms with Gasteiger partial charge >= 0.3 is 0 Å². The van der Waals surface area contributed by atoms with Gasteiger partial charge in [0.25, 0.3) is 0 Å². The van der Waals surface area contributed by atoms with E-state index in [1.165, 1.54) is 23.1 Å². The molecule has 1 unspecified atom stereocenters. The number of pyridine rings is 1. The lowest BCUT2D eigenvalue weighted by Gasteiger charge is -2.33. The van der Waals surface area contributed by atoms with Crippen LogP contribution in [0.5, 0.6) is 0 Å². The highest BCUT2D eigenvalue weighted by Crippen LogP contribution is 2.35. The molecule has 1 fully saturated rings. The van der Waals surface area contributed by atoms with Crippen LogP contribution in [0.3, 0.4) is 0 Å². The Balaban J connectivity index is 0.000000370. The Morgan fingerprint density at radius 1 is 1.09 bits per heavy atom. The number of amides is 3. The molecule has 8 nitrogen and oxygen atoms in total. The summed E-state index contributed by atoms with van der Waals surface area (Å²) in [6.45, 7) is 7.00. The van der Waals surface area contributed by atoms with E-state index >= 15 is 0 Å². The standard InChI is InChI=1S/C21H20ClF3N2O2.C10H14N2O2.C2H6/c22-18-7-2-1-6-17(18)19(27(13-28)16-5-3-4-14(23)12-16)20(29)26-15-8-10-21(24,25)11-9-15;1-9-3-4-11-10(7-9)12(8-13)5-6-14-2;1-2/h1-7,12-13,15,19H,8-11H2,(H,26,29);3-4,7-8H,5-6H2,1-2H3;1-2H3. The van der Waals surface area contributed by atoms with Crippen LogP contribution in [0.15, 0.2) is 66.9 Å². The first kappa shape index (κ1) is 37.2. The molecular formula is C33H40ClF3N4O4. The average Bonchev–Trinajstić information content (AvgIpc) is 3.03. The molecule has 1 aliphatic rings. The Kier molecular flexibility index (Phi) is 15.5. The number of nitrogens with one attached hydrogen (secondary N) is 1. The van der Waals surface area contributed by atoms with E-state index in [1.54, 1.807) is 37.6 Å². The third-order valence-electron chi connectivity index (χ3n) is 6.87. The average molecular weight is 649 g/mol. The van der Waals surface area contributed by atoms with Crippen molar-refractivity contribution >= 4 is 41.8 Å². The van der Waals surface area contributed by atoms with Crippen LogP contribution in [0, 0.1) is 12.7 Å². The zero-order valence-electron chi connectivity index (χ0n) is 25.9. The van der Waals surface area contributed by atoms with Crippen molar-refractivity contribution in [3.05, 3.63) is 88.8 Å². The van der Waals surface area contributed by atoms with Gasteiger partial charge in [-0.3, -0.25) is 24.2 Å². The summed E-state index contributed by atoms with van der Waals surface area (Å²) in [5.74, 6) is -3.19. The molecule has 4 rings (SSSR count). The Morgan fingerprint density at radius 2 is 1.78 bits per heavy atom. The van der Waals surface area contributed by atoms with Crippen molar-refractivity contribution in [2.75, 3.05) is 30.1 Å². The molecule has 1 atom stereocenters. The van der Waals surface area contributed by atoms with Crippen LogP contribution >= 0.6 is 11.6 Å². The minimum absolute atomic E-state index is 0.134. The number of aryl methyl sites for hydroxylation is 1. The highest BCUT2D eigenvalue weighted by atomic mass is 35.5. The third-order valence-corrected chi connectivity index (χ3v) is 7.21. The number of aromatic nitrogens is 1. The zero-order chi connectivity index (χ0) is 33.4. The van der Waals surface area contributed by atoms with Crippen molar-refractivity contribution < 1.29 is 32.3 Å². The molecule has 244 valence electrons. The van der Waals surface area contributed by atoms with Crippen LogP contribution in [0.2, 0.25) is 5.02 Å². The summed E-state index contributed by atoms with van der Waals surface area (Å²) in [5.41, 5.74) is 1.61. The first-order chi connectivity index (χ1) is 21.6. The maximum Gasteiger partial charge on any atom is 0.248 e. The normalized spacial score (nSPS) is 14.4. The summed E-state index contributed by atoms with van der Waals surface area (Å²) in [6, 6.07) is 13.9. The number of carbonyl (C=O) groups excluding carboxylic acids is 3. The van der Waals surface area contributed by atoms with Gasteiger partial charge in [0.05, 0.1) is 13.2 Å². The molecule has 0 bridgehead atoms. The Labute approximate surface area is 267 Å². The summed E-state index contributed by atoms with van der Waals surface area (Å²) in [7, 11) is 1.60. The van der Waals surface area contributed by atoms with E-state index < -0.39 is 29.7 Å². The minimum Gasteiger partial charge on any atom is -0.383 e. The molecule has 1 heterocycles. The minimum atomic E-state index is -2.72. The molecule has 0 radical (unpaired) electrons. The molecule has 45 heavy (non-hydrogen) atoms. The van der Waals surface area contributed by atoms with Crippen LogP contribution < -0.4 is 15.1 Å². The van der Waals surface area contributed by atoms with Gasteiger partial charge in [0.1, 0.15) is 17.7 Å². The van der Waals surface area contributed by atoms with Gasteiger partial charge in [0, 0.05) is 48.5 Å². The first-order valence-electron chi connectivity index (χ1n) is 14.6. The predicted molar refractivity (Wildman–Crippen MR) is 170 cm³/mol. The van der Waals surface area contributed by atoms with E-state index in [0.29, 0.717) is 30.9 Å². The Morgan fingerprint density at radius 3 is 2.36 bits per heavy atom. The van der Waals surface area contributed by atoms with E-state index in [0.717, 1.165) is 22.9 Å². The smallest absolute Gasteiger partial charge is 0.248 e. The van der Waals surface area contributed by atoms with Crippen molar-refractivity contribution in [2.45, 2.75) is 64.5 Å². The van der Waals surface area contributed by atoms with Crippen molar-refractivity contribution in [3.8, 4) is 0 Å². The molecule has 2 aromatic carbocycles. The van der Waals surface area contributed by atoms with E-state index in [-0.39, 0.29) is 36.4 Å². The van der Waals surface area contributed by atoms with E-state index in [4.69, 9.17) is 16.3 Å². The molecular weight excluding hydrogens is 609 g/mol. The molecule has 3 amide bonds. The zero-order valence-corrected chi connectivity index (χ0v) is 26.6. The lowest BCUT2D eigenvalue weighted by atomic mass is 9.91. The fourth-order valence-corrected chi connectivity index (χ4v) is 4.81. The molecule has 1 aliphatic carbocycles. The van der Waals surface area contributed by atoms with Crippen molar-refractivity contribution in [1.29, 1.82) is 0 Å². The monoisotopic (exact) mass is 648 g/mol. The van der Waals surface area contributed by atoms with Gasteiger partial charge in [0.15, 0.2) is 0 Å². The molecule has 3 aromatic rings. The van der Waals surface area contributed by atoms with Gasteiger partial charge in [0.2, 0.25) is 24.6 Å². The van der Waals surface area contributed by atoms with Gasteiger partial charge in [-0.25, -0.2) is 18.2 Å². The van der Waals surface area contributed by atoms with Gasteiger partial charge in [-0.1, -0.05) is 49.7 Å². The second kappa shape index (κ2) is 18.8. The van der Waals surface area contributed by atoms with Crippen molar-refractivity contribution in [2.24, 2.45) is 0 Å². The Bertz CT molecular complexity index is 1370. The first-order valence-corrected chi connectivity index (χ1v) is 15.0. The number of carbonyl (C=O) groups is 3. The topological polar surface area (TPSA) is 91.8 Å². The molecule has 1 saturated carbocycles. The number of methoxy groups -OCH3 is 1. The van der Waals surface area contributed by atoms with Crippen LogP contribution in [0.25, 0.3) is 0 Å². The summed E-state index contributed by atoms with van der Waals surface area (Å²) in [4.78, 5) is 42.5. The van der Waals surface area contributed by atoms with E-state index in [1.807, 2.05) is 32.9 Å². The molecule has 1 aromatic heterocycles. The number of hydrogen-bond acceptors (Lipinski definition) is 5. The van der Waals surface area contributed by atoms with Gasteiger partial charge in [-0.2, -0.15) is 0 Å². The van der Waals surface area contributed by atoms with Gasteiger partial charge in [-0.15, -0.1) is 0 Å². The number of rotatable bonds is 11. The summed E-state index contributed by atoms with van der Waals surface area (Å²) < 4.78 is 45.4. The number of hydrogen-bond donors (Lipinski definition) is 1. The SMILES string of the molecule is CC.COCCN(C=O)c1cc(C)ccn1.O=CN(c1cccc(F)c1)C(C(=O)NC1CCC(F)(F)CC1)c1ccccc1Cl. The number of ether oxygens (including phenoxy) is 1.